The molecular weight excluding hydrogens is 332 g/mol. The summed E-state index contributed by atoms with van der Waals surface area (Å²) >= 11 is 5.76. The molecule has 0 unspecified atom stereocenters. The quantitative estimate of drug-likeness (QED) is 0.595. The Morgan fingerprint density at radius 3 is 2.71 bits per heavy atom. The van der Waals surface area contributed by atoms with Crippen LogP contribution in [-0.2, 0) is 4.79 Å². The SMILES string of the molecule is CCOc1cccc(/C=N/NC(=O)COc2ccc(Cl)cc2)c1O. The summed E-state index contributed by atoms with van der Waals surface area (Å²) < 4.78 is 10.6. The van der Waals surface area contributed by atoms with E-state index < -0.39 is 5.91 Å². The van der Waals surface area contributed by atoms with Crippen molar-refractivity contribution in [1.82, 2.24) is 5.43 Å². The van der Waals surface area contributed by atoms with Crippen molar-refractivity contribution in [3.05, 3.63) is 53.1 Å². The fraction of sp³-hybridized carbons (Fsp3) is 0.176. The highest BCUT2D eigenvalue weighted by Crippen LogP contribution is 2.28. The van der Waals surface area contributed by atoms with E-state index in [0.29, 0.717) is 28.7 Å². The lowest BCUT2D eigenvalue weighted by Gasteiger charge is -2.07. The van der Waals surface area contributed by atoms with E-state index in [1.54, 1.807) is 42.5 Å². The van der Waals surface area contributed by atoms with Gasteiger partial charge in [-0.05, 0) is 43.3 Å². The minimum Gasteiger partial charge on any atom is -0.504 e. The van der Waals surface area contributed by atoms with Gasteiger partial charge in [-0.15, -0.1) is 0 Å². The van der Waals surface area contributed by atoms with E-state index in [9.17, 15) is 9.90 Å². The van der Waals surface area contributed by atoms with Crippen LogP contribution >= 0.6 is 11.6 Å². The monoisotopic (exact) mass is 348 g/mol. The van der Waals surface area contributed by atoms with Gasteiger partial charge in [0, 0.05) is 10.6 Å². The van der Waals surface area contributed by atoms with Gasteiger partial charge in [0.25, 0.3) is 5.91 Å². The Hall–Kier alpha value is -2.73. The van der Waals surface area contributed by atoms with Crippen LogP contribution in [0.25, 0.3) is 0 Å². The van der Waals surface area contributed by atoms with Gasteiger partial charge in [-0.25, -0.2) is 5.43 Å². The number of carbonyl (C=O) groups excluding carboxylic acids is 1. The van der Waals surface area contributed by atoms with Gasteiger partial charge in [0.15, 0.2) is 18.1 Å². The van der Waals surface area contributed by atoms with Crippen LogP contribution < -0.4 is 14.9 Å². The molecule has 6 nitrogen and oxygen atoms in total. The maximum Gasteiger partial charge on any atom is 0.277 e. The van der Waals surface area contributed by atoms with Crippen LogP contribution in [0.5, 0.6) is 17.2 Å². The van der Waals surface area contributed by atoms with Gasteiger partial charge < -0.3 is 14.6 Å². The summed E-state index contributed by atoms with van der Waals surface area (Å²) in [6, 6.07) is 11.7. The Kier molecular flexibility index (Phi) is 6.45. The second-order valence-corrected chi connectivity index (χ2v) is 5.10. The molecule has 126 valence electrons. The number of hydrazone groups is 1. The molecule has 0 radical (unpaired) electrons. The Labute approximate surface area is 144 Å². The van der Waals surface area contributed by atoms with Crippen molar-refractivity contribution in [2.75, 3.05) is 13.2 Å². The Morgan fingerprint density at radius 1 is 1.25 bits per heavy atom. The van der Waals surface area contributed by atoms with Crippen molar-refractivity contribution in [3.8, 4) is 17.2 Å². The molecule has 0 aliphatic rings. The minimum atomic E-state index is -0.429. The maximum atomic E-state index is 11.7. The first-order chi connectivity index (χ1) is 11.6. The predicted molar refractivity (Wildman–Crippen MR) is 92.0 cm³/mol. The van der Waals surface area contributed by atoms with Gasteiger partial charge in [0.2, 0.25) is 0 Å². The molecule has 0 fully saturated rings. The van der Waals surface area contributed by atoms with E-state index in [0.717, 1.165) is 0 Å². The molecule has 0 saturated heterocycles. The number of para-hydroxylation sites is 1. The summed E-state index contributed by atoms with van der Waals surface area (Å²) in [6.07, 6.45) is 1.33. The number of hydrogen-bond acceptors (Lipinski definition) is 5. The molecule has 0 heterocycles. The highest BCUT2D eigenvalue weighted by molar-refractivity contribution is 6.30. The fourth-order valence-electron chi connectivity index (χ4n) is 1.80. The van der Waals surface area contributed by atoms with Crippen LogP contribution in [0.4, 0.5) is 0 Å². The number of phenolic OH excluding ortho intramolecular Hbond substituents is 1. The minimum absolute atomic E-state index is 0.0326. The number of carbonyl (C=O) groups is 1. The van der Waals surface area contributed by atoms with Gasteiger partial charge in [0.05, 0.1) is 12.8 Å². The molecule has 0 spiro atoms. The van der Waals surface area contributed by atoms with Gasteiger partial charge in [-0.3, -0.25) is 4.79 Å². The summed E-state index contributed by atoms with van der Waals surface area (Å²) in [5.41, 5.74) is 2.75. The van der Waals surface area contributed by atoms with Crippen molar-refractivity contribution < 1.29 is 19.4 Å². The third-order valence-electron chi connectivity index (χ3n) is 2.91. The highest BCUT2D eigenvalue weighted by Gasteiger charge is 2.06. The summed E-state index contributed by atoms with van der Waals surface area (Å²) in [4.78, 5) is 11.7. The number of nitrogens with zero attached hydrogens (tertiary/aromatic N) is 1. The zero-order chi connectivity index (χ0) is 17.4. The molecule has 0 saturated carbocycles. The van der Waals surface area contributed by atoms with Crippen molar-refractivity contribution in [2.45, 2.75) is 6.92 Å². The standard InChI is InChI=1S/C17H17ClN2O4/c1-2-23-15-5-3-4-12(17(15)22)10-19-20-16(21)11-24-14-8-6-13(18)7-9-14/h3-10,22H,2,11H2,1H3,(H,20,21)/b19-10+. The number of halogens is 1. The number of aromatic hydroxyl groups is 1. The number of amides is 1. The summed E-state index contributed by atoms with van der Waals surface area (Å²) in [5, 5.41) is 14.4. The van der Waals surface area contributed by atoms with Gasteiger partial charge in [-0.1, -0.05) is 17.7 Å². The first kappa shape index (κ1) is 17.6. The maximum absolute atomic E-state index is 11.7. The molecule has 24 heavy (non-hydrogen) atoms. The molecule has 7 heteroatoms. The zero-order valence-electron chi connectivity index (χ0n) is 13.0. The molecular formula is C17H17ClN2O4. The topological polar surface area (TPSA) is 80.2 Å². The summed E-state index contributed by atoms with van der Waals surface area (Å²) in [5.74, 6) is 0.427. The van der Waals surface area contributed by atoms with Crippen LogP contribution in [0.2, 0.25) is 5.02 Å². The van der Waals surface area contributed by atoms with Crippen LogP contribution in [-0.4, -0.2) is 30.4 Å². The fourth-order valence-corrected chi connectivity index (χ4v) is 1.93. The second-order valence-electron chi connectivity index (χ2n) is 4.66. The van der Waals surface area contributed by atoms with E-state index in [1.165, 1.54) is 6.21 Å². The Balaban J connectivity index is 1.86. The molecule has 0 aromatic heterocycles. The normalized spacial score (nSPS) is 10.6. The van der Waals surface area contributed by atoms with Crippen LogP contribution in [0.15, 0.2) is 47.6 Å². The van der Waals surface area contributed by atoms with Gasteiger partial charge in [0.1, 0.15) is 5.75 Å². The molecule has 2 aromatic rings. The van der Waals surface area contributed by atoms with E-state index in [4.69, 9.17) is 21.1 Å². The largest absolute Gasteiger partial charge is 0.504 e. The van der Waals surface area contributed by atoms with Crippen LogP contribution in [0.1, 0.15) is 12.5 Å². The van der Waals surface area contributed by atoms with Crippen LogP contribution in [0.3, 0.4) is 0 Å². The summed E-state index contributed by atoms with van der Waals surface area (Å²) in [6.45, 7) is 2.07. The molecule has 1 amide bonds. The smallest absolute Gasteiger partial charge is 0.277 e. The average molecular weight is 349 g/mol. The predicted octanol–water partition coefficient (Wildman–Crippen LogP) is 2.97. The van der Waals surface area contributed by atoms with Gasteiger partial charge >= 0.3 is 0 Å². The van der Waals surface area contributed by atoms with E-state index >= 15 is 0 Å². The number of benzene rings is 2. The lowest BCUT2D eigenvalue weighted by molar-refractivity contribution is -0.123. The molecule has 2 aromatic carbocycles. The number of phenols is 1. The summed E-state index contributed by atoms with van der Waals surface area (Å²) in [7, 11) is 0. The van der Waals surface area contributed by atoms with Crippen molar-refractivity contribution in [2.24, 2.45) is 5.10 Å². The van der Waals surface area contributed by atoms with Crippen molar-refractivity contribution in [3.63, 3.8) is 0 Å². The Bertz CT molecular complexity index is 717. The van der Waals surface area contributed by atoms with E-state index in [1.807, 2.05) is 6.92 Å². The molecule has 0 aliphatic carbocycles. The van der Waals surface area contributed by atoms with E-state index in [-0.39, 0.29) is 12.4 Å². The number of nitrogens with one attached hydrogen (secondary N) is 1. The number of ether oxygens (including phenoxy) is 2. The molecule has 0 bridgehead atoms. The highest BCUT2D eigenvalue weighted by atomic mass is 35.5. The average Bonchev–Trinajstić information content (AvgIpc) is 2.58. The first-order valence-corrected chi connectivity index (χ1v) is 7.63. The Morgan fingerprint density at radius 2 is 2.00 bits per heavy atom. The van der Waals surface area contributed by atoms with Crippen molar-refractivity contribution >= 4 is 23.7 Å². The molecule has 0 atom stereocenters. The lowest BCUT2D eigenvalue weighted by atomic mass is 10.2. The van der Waals surface area contributed by atoms with Crippen molar-refractivity contribution in [1.29, 1.82) is 0 Å². The number of hydrogen-bond donors (Lipinski definition) is 2. The number of rotatable bonds is 7. The second kappa shape index (κ2) is 8.79. The van der Waals surface area contributed by atoms with E-state index in [2.05, 4.69) is 10.5 Å². The third-order valence-corrected chi connectivity index (χ3v) is 3.16. The third kappa shape index (κ3) is 5.17. The first-order valence-electron chi connectivity index (χ1n) is 7.25. The lowest BCUT2D eigenvalue weighted by Crippen LogP contribution is -2.24. The van der Waals surface area contributed by atoms with Gasteiger partial charge in [-0.2, -0.15) is 5.10 Å². The molecule has 2 rings (SSSR count). The molecule has 2 N–H and O–H groups in total. The van der Waals surface area contributed by atoms with Crippen LogP contribution in [0, 0.1) is 0 Å². The zero-order valence-corrected chi connectivity index (χ0v) is 13.8. The molecule has 0 aliphatic heterocycles.